The quantitative estimate of drug-likeness (QED) is 0.433. The van der Waals surface area contributed by atoms with Gasteiger partial charge in [0.1, 0.15) is 0 Å². The van der Waals surface area contributed by atoms with E-state index in [4.69, 9.17) is 16.6 Å². The molecule has 6 heteroatoms. The van der Waals surface area contributed by atoms with Gasteiger partial charge in [-0.05, 0) is 49.0 Å². The first-order chi connectivity index (χ1) is 9.22. The lowest BCUT2D eigenvalue weighted by Crippen LogP contribution is -2.50. The van der Waals surface area contributed by atoms with Crippen LogP contribution in [0, 0.1) is 11.8 Å². The molecule has 1 saturated carbocycles. The maximum Gasteiger partial charge on any atom is 0.305 e. The number of furan rings is 1. The summed E-state index contributed by atoms with van der Waals surface area (Å²) in [5.41, 5.74) is 5.19. The minimum Gasteiger partial charge on any atom is -0.459 e. The van der Waals surface area contributed by atoms with E-state index in [9.17, 15) is 4.79 Å². The normalized spacial score (nSPS) is 27.3. The van der Waals surface area contributed by atoms with Crippen molar-refractivity contribution in [3.8, 4) is 0 Å². The third kappa shape index (κ3) is 2.63. The van der Waals surface area contributed by atoms with E-state index >= 15 is 0 Å². The smallest absolute Gasteiger partial charge is 0.305 e. The average Bonchev–Trinajstić information content (AvgIpc) is 3.12. The molecule has 2 bridgehead atoms. The molecule has 0 radical (unpaired) electrons. The van der Waals surface area contributed by atoms with E-state index in [2.05, 4.69) is 28.3 Å². The third-order valence-electron chi connectivity index (χ3n) is 3.63. The van der Waals surface area contributed by atoms with E-state index in [1.807, 2.05) is 0 Å². The Morgan fingerprint density at radius 3 is 2.84 bits per heavy atom. The molecule has 3 atom stereocenters. The van der Waals surface area contributed by atoms with Crippen molar-refractivity contribution in [3.05, 3.63) is 36.3 Å². The molecule has 19 heavy (non-hydrogen) atoms. The zero-order chi connectivity index (χ0) is 13.2. The fourth-order valence-electron chi connectivity index (χ4n) is 2.73. The fraction of sp³-hybridized carbons (Fsp3) is 0.385. The Morgan fingerprint density at radius 2 is 2.21 bits per heavy atom. The number of rotatable bonds is 2. The predicted octanol–water partition coefficient (Wildman–Crippen LogP) is 1.35. The van der Waals surface area contributed by atoms with Crippen molar-refractivity contribution in [2.45, 2.75) is 18.9 Å². The molecule has 100 valence electrons. The maximum absolute atomic E-state index is 11.6. The summed E-state index contributed by atoms with van der Waals surface area (Å²) in [4.78, 5) is 11.6. The molecule has 0 unspecified atom stereocenters. The van der Waals surface area contributed by atoms with Crippen LogP contribution in [0.3, 0.4) is 0 Å². The highest BCUT2D eigenvalue weighted by Gasteiger charge is 2.35. The number of allylic oxidation sites excluding steroid dienone is 1. The van der Waals surface area contributed by atoms with Crippen molar-refractivity contribution >= 4 is 23.2 Å². The molecule has 1 fully saturated rings. The van der Waals surface area contributed by atoms with Gasteiger partial charge in [-0.15, -0.1) is 0 Å². The van der Waals surface area contributed by atoms with Crippen LogP contribution in [-0.4, -0.2) is 17.1 Å². The van der Waals surface area contributed by atoms with Gasteiger partial charge in [-0.25, -0.2) is 0 Å². The molecule has 0 aromatic carbocycles. The largest absolute Gasteiger partial charge is 0.459 e. The number of fused-ring (bicyclic) bond motifs is 2. The van der Waals surface area contributed by atoms with Crippen LogP contribution in [0.2, 0.25) is 0 Å². The summed E-state index contributed by atoms with van der Waals surface area (Å²) in [5, 5.41) is 3.67. The monoisotopic (exact) mass is 277 g/mol. The van der Waals surface area contributed by atoms with E-state index in [0.29, 0.717) is 23.0 Å². The number of nitrogens with one attached hydrogen (secondary N) is 3. The van der Waals surface area contributed by atoms with Crippen molar-refractivity contribution in [1.29, 1.82) is 0 Å². The number of carbonyl (C=O) groups is 1. The topological polar surface area (TPSA) is 66.3 Å². The fourth-order valence-corrected chi connectivity index (χ4v) is 2.94. The Labute approximate surface area is 116 Å². The zero-order valence-corrected chi connectivity index (χ0v) is 11.1. The molecule has 1 heterocycles. The molecule has 2 aliphatic rings. The second-order valence-electron chi connectivity index (χ2n) is 4.92. The van der Waals surface area contributed by atoms with Gasteiger partial charge in [0.05, 0.1) is 6.26 Å². The lowest BCUT2D eigenvalue weighted by molar-refractivity contribution is 0.0915. The van der Waals surface area contributed by atoms with Gasteiger partial charge in [0.25, 0.3) is 0 Å². The molecule has 3 N–H and O–H groups in total. The predicted molar refractivity (Wildman–Crippen MR) is 74.2 cm³/mol. The highest BCUT2D eigenvalue weighted by molar-refractivity contribution is 7.80. The van der Waals surface area contributed by atoms with Crippen LogP contribution >= 0.6 is 12.2 Å². The van der Waals surface area contributed by atoms with Crippen LogP contribution in [0.5, 0.6) is 0 Å². The number of hydrogen-bond acceptors (Lipinski definition) is 3. The van der Waals surface area contributed by atoms with Crippen molar-refractivity contribution in [2.24, 2.45) is 11.8 Å². The van der Waals surface area contributed by atoms with Crippen molar-refractivity contribution in [1.82, 2.24) is 16.2 Å². The van der Waals surface area contributed by atoms with Gasteiger partial charge < -0.3 is 9.73 Å². The zero-order valence-electron chi connectivity index (χ0n) is 10.3. The van der Waals surface area contributed by atoms with E-state index in [-0.39, 0.29) is 11.7 Å². The Balaban J connectivity index is 1.45. The standard InChI is InChI=1S/C13H15N3O2S/c17-12(11-2-1-5-18-11)15-16-13(19)14-10-7-8-3-4-9(10)6-8/h1-5,8-10H,6-7H2,(H,15,17)(H2,14,16,19)/t8-,9-,10+/m0/s1. The van der Waals surface area contributed by atoms with Crippen molar-refractivity contribution < 1.29 is 9.21 Å². The number of carbonyl (C=O) groups excluding carboxylic acids is 1. The molecule has 0 saturated heterocycles. The molecule has 1 aromatic heterocycles. The summed E-state index contributed by atoms with van der Waals surface area (Å²) in [6, 6.07) is 3.62. The second-order valence-corrected chi connectivity index (χ2v) is 5.32. The Bertz CT molecular complexity index is 512. The first kappa shape index (κ1) is 12.2. The molecule has 1 amide bonds. The summed E-state index contributed by atoms with van der Waals surface area (Å²) in [6.45, 7) is 0. The molecule has 3 rings (SSSR count). The molecule has 1 aromatic rings. The van der Waals surface area contributed by atoms with Crippen LogP contribution in [0.25, 0.3) is 0 Å². The highest BCUT2D eigenvalue weighted by Crippen LogP contribution is 2.38. The van der Waals surface area contributed by atoms with E-state index in [1.165, 1.54) is 12.7 Å². The van der Waals surface area contributed by atoms with Gasteiger partial charge >= 0.3 is 5.91 Å². The van der Waals surface area contributed by atoms with Crippen LogP contribution in [0.1, 0.15) is 23.4 Å². The summed E-state index contributed by atoms with van der Waals surface area (Å²) >= 11 is 5.16. The SMILES string of the molecule is O=C(NNC(=S)N[C@@H]1C[C@H]2C=C[C@H]1C2)c1ccco1. The molecule has 5 nitrogen and oxygen atoms in total. The van der Waals surface area contributed by atoms with Crippen LogP contribution < -0.4 is 16.2 Å². The maximum atomic E-state index is 11.6. The van der Waals surface area contributed by atoms with E-state index in [1.54, 1.807) is 12.1 Å². The van der Waals surface area contributed by atoms with Gasteiger partial charge in [0, 0.05) is 6.04 Å². The van der Waals surface area contributed by atoms with Crippen LogP contribution in [0.4, 0.5) is 0 Å². The highest BCUT2D eigenvalue weighted by atomic mass is 32.1. The number of amides is 1. The number of thiocarbonyl (C=S) groups is 1. The van der Waals surface area contributed by atoms with Gasteiger partial charge in [-0.1, -0.05) is 12.2 Å². The van der Waals surface area contributed by atoms with Gasteiger partial charge in [-0.3, -0.25) is 15.6 Å². The lowest BCUT2D eigenvalue weighted by atomic mass is 10.0. The first-order valence-electron chi connectivity index (χ1n) is 6.31. The van der Waals surface area contributed by atoms with Gasteiger partial charge in [0.2, 0.25) is 0 Å². The second kappa shape index (κ2) is 5.05. The number of hydrazine groups is 1. The lowest BCUT2D eigenvalue weighted by Gasteiger charge is -2.21. The Hall–Kier alpha value is -1.82. The molecular weight excluding hydrogens is 262 g/mol. The molecule has 0 spiro atoms. The third-order valence-corrected chi connectivity index (χ3v) is 3.85. The summed E-state index contributed by atoms with van der Waals surface area (Å²) in [6.07, 6.45) is 8.29. The van der Waals surface area contributed by atoms with Gasteiger partial charge in [0.15, 0.2) is 10.9 Å². The summed E-state index contributed by atoms with van der Waals surface area (Å²) in [7, 11) is 0. The number of hydrogen-bond donors (Lipinski definition) is 3. The van der Waals surface area contributed by atoms with Crippen molar-refractivity contribution in [2.75, 3.05) is 0 Å². The van der Waals surface area contributed by atoms with Crippen LogP contribution in [0.15, 0.2) is 35.0 Å². The van der Waals surface area contributed by atoms with Crippen LogP contribution in [-0.2, 0) is 0 Å². The minimum absolute atomic E-state index is 0.248. The minimum atomic E-state index is -0.345. The first-order valence-corrected chi connectivity index (χ1v) is 6.72. The van der Waals surface area contributed by atoms with Crippen molar-refractivity contribution in [3.63, 3.8) is 0 Å². The molecule has 2 aliphatic carbocycles. The van der Waals surface area contributed by atoms with E-state index in [0.717, 1.165) is 6.42 Å². The molecule has 0 aliphatic heterocycles. The summed E-state index contributed by atoms with van der Waals surface area (Å²) in [5.74, 6) is 1.15. The van der Waals surface area contributed by atoms with E-state index < -0.39 is 0 Å². The Morgan fingerprint density at radius 1 is 1.32 bits per heavy atom. The summed E-state index contributed by atoms with van der Waals surface area (Å²) < 4.78 is 4.98. The average molecular weight is 277 g/mol. The van der Waals surface area contributed by atoms with Gasteiger partial charge in [-0.2, -0.15) is 0 Å². The Kier molecular flexibility index (Phi) is 3.25. The molecular formula is C13H15N3O2S.